The van der Waals surface area contributed by atoms with Crippen molar-refractivity contribution in [3.8, 4) is 0 Å². The molecule has 54 valence electrons. The molecule has 0 spiro atoms. The summed E-state index contributed by atoms with van der Waals surface area (Å²) in [5, 5.41) is 0. The Kier molecular flexibility index (Phi) is 2.80. The first kappa shape index (κ1) is 8.14. The number of hydrogen-bond acceptors (Lipinski definition) is 2. The van der Waals surface area contributed by atoms with Gasteiger partial charge in [0.05, 0.1) is 3.74 Å². The Morgan fingerprint density at radius 1 is 1.30 bits per heavy atom. The van der Waals surface area contributed by atoms with E-state index in [1.165, 1.54) is 0 Å². The number of aryl methyl sites for hydroxylation is 1. The summed E-state index contributed by atoms with van der Waals surface area (Å²) in [6.45, 7) is 1.86. The number of nitrogens with zero attached hydrogens (tertiary/aromatic N) is 2. The van der Waals surface area contributed by atoms with Gasteiger partial charge in [-0.15, -0.1) is 0 Å². The van der Waals surface area contributed by atoms with E-state index in [0.717, 1.165) is 11.4 Å². The molecule has 2 nitrogen and oxygen atoms in total. The van der Waals surface area contributed by atoms with Crippen LogP contribution in [-0.2, 0) is 0 Å². The fourth-order valence-corrected chi connectivity index (χ4v) is 0.988. The van der Waals surface area contributed by atoms with Crippen molar-refractivity contribution in [1.82, 2.24) is 9.97 Å². The van der Waals surface area contributed by atoms with Crippen LogP contribution in [0.2, 0.25) is 0 Å². The lowest BCUT2D eigenvalue weighted by molar-refractivity contribution is 1.03. The van der Waals surface area contributed by atoms with E-state index in [4.69, 9.17) is 0 Å². The molecule has 0 atom stereocenters. The number of halogens is 2. The maximum atomic E-state index is 4.03. The van der Waals surface area contributed by atoms with E-state index in [1.54, 1.807) is 12.4 Å². The smallest absolute Gasteiger partial charge is 0.125 e. The van der Waals surface area contributed by atoms with Gasteiger partial charge in [0, 0.05) is 18.0 Å². The number of aromatic nitrogens is 2. The molecule has 0 fully saturated rings. The normalized spacial score (nSPS) is 10.4. The van der Waals surface area contributed by atoms with E-state index in [9.17, 15) is 0 Å². The minimum atomic E-state index is 0.153. The van der Waals surface area contributed by atoms with Crippen LogP contribution < -0.4 is 0 Å². The molecule has 0 unspecified atom stereocenters. The monoisotopic (exact) mass is 264 g/mol. The topological polar surface area (TPSA) is 25.8 Å². The van der Waals surface area contributed by atoms with E-state index in [0.29, 0.717) is 0 Å². The highest BCUT2D eigenvalue weighted by Gasteiger charge is 2.01. The fraction of sp³-hybridized carbons (Fsp3) is 0.333. The highest BCUT2D eigenvalue weighted by molar-refractivity contribution is 9.24. The van der Waals surface area contributed by atoms with Crippen LogP contribution in [0.15, 0.2) is 12.4 Å². The predicted octanol–water partition coefficient (Wildman–Crippen LogP) is 2.57. The van der Waals surface area contributed by atoms with Crippen molar-refractivity contribution in [1.29, 1.82) is 0 Å². The van der Waals surface area contributed by atoms with E-state index >= 15 is 0 Å². The van der Waals surface area contributed by atoms with Gasteiger partial charge in [0.1, 0.15) is 5.82 Å². The highest BCUT2D eigenvalue weighted by Crippen LogP contribution is 2.27. The van der Waals surface area contributed by atoms with Gasteiger partial charge < -0.3 is 0 Å². The van der Waals surface area contributed by atoms with Crippen LogP contribution in [0.4, 0.5) is 0 Å². The molecule has 0 aliphatic carbocycles. The molecule has 1 heterocycles. The molecule has 0 amide bonds. The van der Waals surface area contributed by atoms with Crippen molar-refractivity contribution < 1.29 is 0 Å². The molecule has 10 heavy (non-hydrogen) atoms. The van der Waals surface area contributed by atoms with Crippen molar-refractivity contribution in [2.75, 3.05) is 0 Å². The predicted molar refractivity (Wildman–Crippen MR) is 47.4 cm³/mol. The van der Waals surface area contributed by atoms with Gasteiger partial charge in [-0.05, 0) is 6.92 Å². The molecule has 0 N–H and O–H groups in total. The van der Waals surface area contributed by atoms with Crippen molar-refractivity contribution >= 4 is 31.9 Å². The van der Waals surface area contributed by atoms with Crippen molar-refractivity contribution in [3.05, 3.63) is 23.8 Å². The molecule has 0 aliphatic heterocycles. The molecule has 4 heteroatoms. The largest absolute Gasteiger partial charge is 0.241 e. The Morgan fingerprint density at radius 3 is 2.20 bits per heavy atom. The lowest BCUT2D eigenvalue weighted by Gasteiger charge is -1.98. The Morgan fingerprint density at radius 2 is 1.80 bits per heavy atom. The van der Waals surface area contributed by atoms with Gasteiger partial charge in [-0.25, -0.2) is 9.97 Å². The Hall–Kier alpha value is 0.0400. The SMILES string of the molecule is Cc1ncc(C(Br)Br)cn1. The standard InChI is InChI=1S/C6H6Br2N2/c1-4-9-2-5(3-10-4)6(7)8/h2-3,6H,1H3. The van der Waals surface area contributed by atoms with Crippen LogP contribution in [-0.4, -0.2) is 9.97 Å². The summed E-state index contributed by atoms with van der Waals surface area (Å²) in [6.07, 6.45) is 3.58. The quantitative estimate of drug-likeness (QED) is 0.730. The minimum Gasteiger partial charge on any atom is -0.241 e. The Bertz CT molecular complexity index is 207. The second kappa shape index (κ2) is 3.44. The number of hydrogen-bond donors (Lipinski definition) is 0. The van der Waals surface area contributed by atoms with Gasteiger partial charge >= 0.3 is 0 Å². The summed E-state index contributed by atoms with van der Waals surface area (Å²) in [6, 6.07) is 0. The average molecular weight is 266 g/mol. The second-order valence-electron chi connectivity index (χ2n) is 1.86. The zero-order valence-electron chi connectivity index (χ0n) is 5.38. The van der Waals surface area contributed by atoms with Crippen molar-refractivity contribution in [2.45, 2.75) is 10.7 Å². The van der Waals surface area contributed by atoms with E-state index in [2.05, 4.69) is 41.8 Å². The summed E-state index contributed by atoms with van der Waals surface area (Å²) < 4.78 is 0.153. The molecule has 0 bridgehead atoms. The third-order valence-corrected chi connectivity index (χ3v) is 2.11. The zero-order chi connectivity index (χ0) is 7.56. The van der Waals surface area contributed by atoms with E-state index in [1.807, 2.05) is 6.92 Å². The molecular formula is C6H6Br2N2. The Labute approximate surface area is 76.3 Å². The molecule has 0 aromatic carbocycles. The molecular weight excluding hydrogens is 260 g/mol. The number of rotatable bonds is 1. The van der Waals surface area contributed by atoms with Crippen molar-refractivity contribution in [3.63, 3.8) is 0 Å². The maximum absolute atomic E-state index is 4.03. The third kappa shape index (κ3) is 2.02. The molecule has 1 aromatic rings. The molecule has 0 radical (unpaired) electrons. The first-order chi connectivity index (χ1) is 4.70. The summed E-state index contributed by atoms with van der Waals surface area (Å²) >= 11 is 6.69. The molecule has 0 aliphatic rings. The van der Waals surface area contributed by atoms with Gasteiger partial charge in [-0.3, -0.25) is 0 Å². The van der Waals surface area contributed by atoms with Crippen LogP contribution in [0.25, 0.3) is 0 Å². The van der Waals surface area contributed by atoms with Crippen LogP contribution in [0.5, 0.6) is 0 Å². The van der Waals surface area contributed by atoms with Gasteiger partial charge in [0.15, 0.2) is 0 Å². The average Bonchev–Trinajstić information content (AvgIpc) is 1.88. The van der Waals surface area contributed by atoms with Gasteiger partial charge in [0.25, 0.3) is 0 Å². The van der Waals surface area contributed by atoms with Crippen molar-refractivity contribution in [2.24, 2.45) is 0 Å². The zero-order valence-corrected chi connectivity index (χ0v) is 8.55. The first-order valence-corrected chi connectivity index (χ1v) is 4.60. The van der Waals surface area contributed by atoms with Crippen LogP contribution in [0, 0.1) is 6.92 Å². The third-order valence-electron chi connectivity index (χ3n) is 1.05. The molecule has 0 saturated carbocycles. The molecule has 1 aromatic heterocycles. The van der Waals surface area contributed by atoms with Gasteiger partial charge in [0.2, 0.25) is 0 Å². The summed E-state index contributed by atoms with van der Waals surface area (Å²) in [7, 11) is 0. The highest BCUT2D eigenvalue weighted by atomic mass is 79.9. The van der Waals surface area contributed by atoms with E-state index < -0.39 is 0 Å². The van der Waals surface area contributed by atoms with Gasteiger partial charge in [-0.2, -0.15) is 0 Å². The van der Waals surface area contributed by atoms with Crippen LogP contribution in [0.1, 0.15) is 15.1 Å². The van der Waals surface area contributed by atoms with Gasteiger partial charge in [-0.1, -0.05) is 31.9 Å². The summed E-state index contributed by atoms with van der Waals surface area (Å²) in [4.78, 5) is 8.06. The minimum absolute atomic E-state index is 0.153. The lowest BCUT2D eigenvalue weighted by atomic mass is 10.4. The molecule has 0 saturated heterocycles. The van der Waals surface area contributed by atoms with Crippen LogP contribution in [0.3, 0.4) is 0 Å². The summed E-state index contributed by atoms with van der Waals surface area (Å²) in [5.74, 6) is 0.796. The lowest BCUT2D eigenvalue weighted by Crippen LogP contribution is -1.89. The Balaban J connectivity index is 2.89. The number of alkyl halides is 2. The first-order valence-electron chi connectivity index (χ1n) is 2.77. The molecule has 1 rings (SSSR count). The fourth-order valence-electron chi connectivity index (χ4n) is 0.515. The van der Waals surface area contributed by atoms with Crippen LogP contribution >= 0.6 is 31.9 Å². The summed E-state index contributed by atoms with van der Waals surface area (Å²) in [5.41, 5.74) is 1.03. The maximum Gasteiger partial charge on any atom is 0.125 e. The van der Waals surface area contributed by atoms with E-state index in [-0.39, 0.29) is 3.74 Å². The second-order valence-corrected chi connectivity index (χ2v) is 4.92.